The molecule has 0 saturated heterocycles. The zero-order chi connectivity index (χ0) is 13.4. The number of carbonyl (C=O) groups excluding carboxylic acids is 1. The molecule has 0 aromatic carbocycles. The Hall–Kier alpha value is -1.91. The van der Waals surface area contributed by atoms with E-state index in [2.05, 4.69) is 4.98 Å². The van der Waals surface area contributed by atoms with Crippen LogP contribution < -0.4 is 0 Å². The van der Waals surface area contributed by atoms with Gasteiger partial charge in [-0.3, -0.25) is 14.6 Å². The first-order chi connectivity index (χ1) is 9.16. The van der Waals surface area contributed by atoms with Crippen molar-refractivity contribution in [2.75, 3.05) is 0 Å². The summed E-state index contributed by atoms with van der Waals surface area (Å²) in [6.45, 7) is 0.542. The molecule has 1 heterocycles. The zero-order valence-electron chi connectivity index (χ0n) is 10.5. The van der Waals surface area contributed by atoms with E-state index in [1.165, 1.54) is 0 Å². The van der Waals surface area contributed by atoms with Crippen molar-refractivity contribution in [1.29, 1.82) is 0 Å². The van der Waals surface area contributed by atoms with E-state index in [0.717, 1.165) is 18.4 Å². The molecular weight excluding hydrogens is 244 g/mol. The van der Waals surface area contributed by atoms with Gasteiger partial charge >= 0.3 is 5.97 Å². The van der Waals surface area contributed by atoms with Gasteiger partial charge in [0.2, 0.25) is 5.91 Å². The Morgan fingerprint density at radius 1 is 1.37 bits per heavy atom. The highest BCUT2D eigenvalue weighted by atomic mass is 16.4. The first kappa shape index (κ1) is 12.1. The molecule has 2 fully saturated rings. The highest BCUT2D eigenvalue weighted by Crippen LogP contribution is 2.42. The second-order valence-corrected chi connectivity index (χ2v) is 5.35. The van der Waals surface area contributed by atoms with Crippen LogP contribution in [0.4, 0.5) is 0 Å². The predicted molar refractivity (Wildman–Crippen MR) is 67.0 cm³/mol. The maximum atomic E-state index is 12.3. The Labute approximate surface area is 111 Å². The lowest BCUT2D eigenvalue weighted by Crippen LogP contribution is -2.34. The number of carboxylic acid groups (broad SMARTS) is 1. The van der Waals surface area contributed by atoms with Crippen LogP contribution in [-0.4, -0.2) is 32.9 Å². The number of carbonyl (C=O) groups is 2. The number of hydrogen-bond donors (Lipinski definition) is 1. The maximum Gasteiger partial charge on any atom is 0.307 e. The average Bonchev–Trinajstić information content (AvgIpc) is 3.29. The second-order valence-electron chi connectivity index (χ2n) is 5.35. The van der Waals surface area contributed by atoms with Crippen molar-refractivity contribution in [3.05, 3.63) is 30.1 Å². The van der Waals surface area contributed by atoms with Gasteiger partial charge in [0.05, 0.1) is 11.8 Å². The number of amides is 1. The number of aliphatic carboxylic acids is 1. The van der Waals surface area contributed by atoms with Crippen molar-refractivity contribution in [2.24, 2.45) is 11.8 Å². The van der Waals surface area contributed by atoms with Crippen LogP contribution in [0, 0.1) is 11.8 Å². The lowest BCUT2D eigenvalue weighted by atomic mass is 10.2. The highest BCUT2D eigenvalue weighted by molar-refractivity contribution is 5.89. The standard InChI is InChI=1S/C14H16N2O3/c17-13(11-6-12(11)14(18)19)16(10-3-4-10)8-9-2-1-5-15-7-9/h1-2,5,7,10-12H,3-4,6,8H2,(H,18,19). The summed E-state index contributed by atoms with van der Waals surface area (Å²) in [4.78, 5) is 29.1. The number of pyridine rings is 1. The molecule has 0 radical (unpaired) electrons. The van der Waals surface area contributed by atoms with Gasteiger partial charge in [0.25, 0.3) is 0 Å². The van der Waals surface area contributed by atoms with E-state index in [0.29, 0.717) is 19.0 Å². The second kappa shape index (κ2) is 4.64. The largest absolute Gasteiger partial charge is 0.481 e. The van der Waals surface area contributed by atoms with Crippen LogP contribution in [0.5, 0.6) is 0 Å². The lowest BCUT2D eigenvalue weighted by Gasteiger charge is -2.22. The van der Waals surface area contributed by atoms with Crippen molar-refractivity contribution >= 4 is 11.9 Å². The van der Waals surface area contributed by atoms with E-state index in [1.807, 2.05) is 17.0 Å². The van der Waals surface area contributed by atoms with Crippen molar-refractivity contribution < 1.29 is 14.7 Å². The summed E-state index contributed by atoms with van der Waals surface area (Å²) in [5.74, 6) is -1.63. The van der Waals surface area contributed by atoms with Gasteiger partial charge in [0.1, 0.15) is 0 Å². The van der Waals surface area contributed by atoms with Crippen molar-refractivity contribution in [2.45, 2.75) is 31.8 Å². The fourth-order valence-corrected chi connectivity index (χ4v) is 2.42. The lowest BCUT2D eigenvalue weighted by molar-refractivity contribution is -0.142. The minimum Gasteiger partial charge on any atom is -0.481 e. The minimum atomic E-state index is -0.851. The number of nitrogens with zero attached hydrogens (tertiary/aromatic N) is 2. The summed E-state index contributed by atoms with van der Waals surface area (Å²) < 4.78 is 0. The molecule has 2 unspecified atom stereocenters. The third-order valence-corrected chi connectivity index (χ3v) is 3.77. The number of carboxylic acids is 1. The van der Waals surface area contributed by atoms with Gasteiger partial charge in [0.15, 0.2) is 0 Å². The molecule has 0 spiro atoms. The van der Waals surface area contributed by atoms with E-state index >= 15 is 0 Å². The Bertz CT molecular complexity index is 499. The van der Waals surface area contributed by atoms with Gasteiger partial charge in [-0.05, 0) is 30.9 Å². The molecule has 19 heavy (non-hydrogen) atoms. The SMILES string of the molecule is O=C(O)C1CC1C(=O)N(Cc1cccnc1)C1CC1. The molecule has 1 aromatic rings. The van der Waals surface area contributed by atoms with Crippen LogP contribution in [0.3, 0.4) is 0 Å². The first-order valence-corrected chi connectivity index (χ1v) is 6.59. The molecule has 100 valence electrons. The van der Waals surface area contributed by atoms with Crippen LogP contribution in [0.2, 0.25) is 0 Å². The van der Waals surface area contributed by atoms with E-state index in [1.54, 1.807) is 12.4 Å². The van der Waals surface area contributed by atoms with E-state index < -0.39 is 11.9 Å². The van der Waals surface area contributed by atoms with Crippen LogP contribution in [0.15, 0.2) is 24.5 Å². The molecule has 0 bridgehead atoms. The third-order valence-electron chi connectivity index (χ3n) is 3.77. The fraction of sp³-hybridized carbons (Fsp3) is 0.500. The predicted octanol–water partition coefficient (Wildman–Crippen LogP) is 1.29. The molecule has 1 N–H and O–H groups in total. The van der Waals surface area contributed by atoms with Crippen LogP contribution in [0.1, 0.15) is 24.8 Å². The Morgan fingerprint density at radius 3 is 2.68 bits per heavy atom. The monoisotopic (exact) mass is 260 g/mol. The smallest absolute Gasteiger partial charge is 0.307 e. The number of hydrogen-bond acceptors (Lipinski definition) is 3. The molecule has 3 rings (SSSR count). The van der Waals surface area contributed by atoms with E-state index in [4.69, 9.17) is 5.11 Å². The van der Waals surface area contributed by atoms with Gasteiger partial charge in [-0.1, -0.05) is 6.07 Å². The number of rotatable bonds is 5. The molecule has 5 nitrogen and oxygen atoms in total. The molecular formula is C14H16N2O3. The highest BCUT2D eigenvalue weighted by Gasteiger charge is 2.51. The maximum absolute atomic E-state index is 12.3. The Morgan fingerprint density at radius 2 is 2.16 bits per heavy atom. The van der Waals surface area contributed by atoms with E-state index in [-0.39, 0.29) is 11.8 Å². The van der Waals surface area contributed by atoms with Crippen LogP contribution >= 0.6 is 0 Å². The van der Waals surface area contributed by atoms with Crippen molar-refractivity contribution in [3.8, 4) is 0 Å². The molecule has 2 aliphatic carbocycles. The van der Waals surface area contributed by atoms with Gasteiger partial charge < -0.3 is 10.0 Å². The summed E-state index contributed by atoms with van der Waals surface area (Å²) in [6.07, 6.45) is 6.00. The van der Waals surface area contributed by atoms with Crippen molar-refractivity contribution in [1.82, 2.24) is 9.88 Å². The molecule has 2 aliphatic rings. The molecule has 2 saturated carbocycles. The zero-order valence-corrected chi connectivity index (χ0v) is 10.5. The summed E-state index contributed by atoms with van der Waals surface area (Å²) in [5, 5.41) is 8.92. The van der Waals surface area contributed by atoms with Gasteiger partial charge in [-0.15, -0.1) is 0 Å². The Kier molecular flexibility index (Phi) is 2.97. The minimum absolute atomic E-state index is 0.00115. The summed E-state index contributed by atoms with van der Waals surface area (Å²) in [5.41, 5.74) is 0.996. The van der Waals surface area contributed by atoms with Gasteiger partial charge in [-0.2, -0.15) is 0 Å². The molecule has 2 atom stereocenters. The third kappa shape index (κ3) is 2.59. The summed E-state index contributed by atoms with van der Waals surface area (Å²) in [6, 6.07) is 4.09. The topological polar surface area (TPSA) is 70.5 Å². The van der Waals surface area contributed by atoms with Crippen LogP contribution in [-0.2, 0) is 16.1 Å². The Balaban J connectivity index is 1.68. The summed E-state index contributed by atoms with van der Waals surface area (Å²) in [7, 11) is 0. The molecule has 1 amide bonds. The molecule has 0 aliphatic heterocycles. The van der Waals surface area contributed by atoms with Crippen molar-refractivity contribution in [3.63, 3.8) is 0 Å². The van der Waals surface area contributed by atoms with Gasteiger partial charge in [-0.25, -0.2) is 0 Å². The molecule has 1 aromatic heterocycles. The van der Waals surface area contributed by atoms with Crippen LogP contribution in [0.25, 0.3) is 0 Å². The van der Waals surface area contributed by atoms with E-state index in [9.17, 15) is 9.59 Å². The molecule has 5 heteroatoms. The average molecular weight is 260 g/mol. The normalized spacial score (nSPS) is 24.8. The van der Waals surface area contributed by atoms with Gasteiger partial charge in [0, 0.05) is 25.0 Å². The quantitative estimate of drug-likeness (QED) is 0.866. The summed E-state index contributed by atoms with van der Waals surface area (Å²) >= 11 is 0. The first-order valence-electron chi connectivity index (χ1n) is 6.59. The number of aromatic nitrogens is 1. The fourth-order valence-electron chi connectivity index (χ4n) is 2.42.